The quantitative estimate of drug-likeness (QED) is 0.0397. The van der Waals surface area contributed by atoms with Crippen molar-refractivity contribution in [2.24, 2.45) is 0 Å². The van der Waals surface area contributed by atoms with Gasteiger partial charge in [0.1, 0.15) is 63.8 Å². The van der Waals surface area contributed by atoms with Crippen LogP contribution in [0.1, 0.15) is 170 Å². The Morgan fingerprint density at radius 2 is 0.729 bits per heavy atom. The molecule has 13 nitrogen and oxygen atoms in total. The SMILES string of the molecule is CC/C=C\C1(c2cc(OC)cc(OC)c2)CCCC1.CCCCC1(c2cc(OC)cc(OC)c2)CCCC1.COc1cc(OC)cc(C2(C=O)CCCC2)c1.[C-]#[N+]C1(c2cc(OC)cc(OC)c2)CCCC1.[C-]#[N+]Cc1cc(OC)cc(OC)c1. The summed E-state index contributed by atoms with van der Waals surface area (Å²) in [6.45, 7) is 19.0. The second-order valence-electron chi connectivity index (χ2n) is 22.5. The van der Waals surface area contributed by atoms with Crippen molar-refractivity contribution >= 4 is 6.29 Å². The number of hydrogen-bond donors (Lipinski definition) is 0. The van der Waals surface area contributed by atoms with Crippen molar-refractivity contribution < 1.29 is 52.2 Å². The van der Waals surface area contributed by atoms with Gasteiger partial charge in [0.2, 0.25) is 6.54 Å². The van der Waals surface area contributed by atoms with Crippen LogP contribution in [0.2, 0.25) is 0 Å². The van der Waals surface area contributed by atoms with Crippen molar-refractivity contribution in [3.63, 3.8) is 0 Å². The maximum atomic E-state index is 11.4. The van der Waals surface area contributed by atoms with E-state index in [1.807, 2.05) is 60.7 Å². The van der Waals surface area contributed by atoms with Crippen LogP contribution in [0.15, 0.2) is 103 Å². The molecule has 0 N–H and O–H groups in total. The molecule has 4 fully saturated rings. The van der Waals surface area contributed by atoms with Crippen LogP contribution in [0.4, 0.5) is 0 Å². The highest BCUT2D eigenvalue weighted by molar-refractivity contribution is 5.70. The number of nitrogens with zero attached hydrogens (tertiary/aromatic N) is 2. The fourth-order valence-corrected chi connectivity index (χ4v) is 12.5. The summed E-state index contributed by atoms with van der Waals surface area (Å²) >= 11 is 0. The zero-order valence-electron chi connectivity index (χ0n) is 53.1. The molecule has 0 bridgehead atoms. The molecule has 0 heterocycles. The van der Waals surface area contributed by atoms with Crippen molar-refractivity contribution in [3.8, 4) is 57.5 Å². The molecule has 13 heteroatoms. The summed E-state index contributed by atoms with van der Waals surface area (Å²) in [5.41, 5.74) is 5.54. The molecule has 0 amide bonds. The first-order valence-corrected chi connectivity index (χ1v) is 30.3. The van der Waals surface area contributed by atoms with Crippen LogP contribution in [-0.2, 0) is 33.1 Å². The van der Waals surface area contributed by atoms with Gasteiger partial charge in [-0.1, -0.05) is 77.4 Å². The minimum atomic E-state index is -0.359. The fraction of sp³-hybridized carbons (Fsp3) is 0.514. The van der Waals surface area contributed by atoms with E-state index in [1.165, 1.54) is 81.8 Å². The van der Waals surface area contributed by atoms with E-state index in [-0.39, 0.29) is 16.4 Å². The largest absolute Gasteiger partial charge is 0.497 e. The van der Waals surface area contributed by atoms with Gasteiger partial charge in [0.15, 0.2) is 0 Å². The van der Waals surface area contributed by atoms with E-state index in [4.69, 9.17) is 60.5 Å². The monoisotopic (exact) mass is 1160 g/mol. The van der Waals surface area contributed by atoms with E-state index in [9.17, 15) is 4.79 Å². The predicted molar refractivity (Wildman–Crippen MR) is 340 cm³/mol. The van der Waals surface area contributed by atoms with Crippen molar-refractivity contribution in [2.45, 2.75) is 171 Å². The molecule has 5 aromatic carbocycles. The van der Waals surface area contributed by atoms with Gasteiger partial charge in [-0.15, -0.1) is 0 Å². The summed E-state index contributed by atoms with van der Waals surface area (Å²) < 4.78 is 52.8. The molecule has 4 saturated carbocycles. The lowest BCUT2D eigenvalue weighted by Crippen LogP contribution is -2.23. The van der Waals surface area contributed by atoms with Crippen molar-refractivity contribution in [3.05, 3.63) is 154 Å². The summed E-state index contributed by atoms with van der Waals surface area (Å²) in [5, 5.41) is 0. The Labute approximate surface area is 509 Å². The van der Waals surface area contributed by atoms with Gasteiger partial charge >= 0.3 is 0 Å². The van der Waals surface area contributed by atoms with Gasteiger partial charge in [-0.3, -0.25) is 0 Å². The number of methoxy groups -OCH3 is 10. The molecule has 0 unspecified atom stereocenters. The number of hydrogen-bond acceptors (Lipinski definition) is 11. The number of rotatable bonds is 21. The van der Waals surface area contributed by atoms with Gasteiger partial charge in [-0.05, 0) is 147 Å². The average molecular weight is 1170 g/mol. The van der Waals surface area contributed by atoms with Gasteiger partial charge in [-0.25, -0.2) is 13.1 Å². The van der Waals surface area contributed by atoms with E-state index in [0.29, 0.717) is 12.0 Å². The van der Waals surface area contributed by atoms with E-state index >= 15 is 0 Å². The summed E-state index contributed by atoms with van der Waals surface area (Å²) in [6, 6.07) is 29.6. The number of benzene rings is 5. The third-order valence-corrected chi connectivity index (χ3v) is 17.5. The van der Waals surface area contributed by atoms with Crippen LogP contribution in [0.25, 0.3) is 9.69 Å². The fourth-order valence-electron chi connectivity index (χ4n) is 12.5. The smallest absolute Gasteiger partial charge is 0.257 e. The average Bonchev–Trinajstić information content (AvgIpc) is 4.36. The van der Waals surface area contributed by atoms with Gasteiger partial charge in [0, 0.05) is 59.7 Å². The van der Waals surface area contributed by atoms with Crippen LogP contribution in [-0.4, -0.2) is 77.4 Å². The van der Waals surface area contributed by atoms with Crippen molar-refractivity contribution in [1.29, 1.82) is 0 Å². The Bertz CT molecular complexity index is 2840. The summed E-state index contributed by atoms with van der Waals surface area (Å²) in [5.74, 6) is 8.03. The van der Waals surface area contributed by atoms with Gasteiger partial charge < -0.3 is 61.9 Å². The van der Waals surface area contributed by atoms with E-state index in [2.05, 4.69) is 60.0 Å². The zero-order valence-corrected chi connectivity index (χ0v) is 53.1. The molecule has 460 valence electrons. The van der Waals surface area contributed by atoms with Crippen LogP contribution in [0.5, 0.6) is 57.5 Å². The van der Waals surface area contributed by atoms with Crippen molar-refractivity contribution in [1.82, 2.24) is 0 Å². The Balaban J connectivity index is 0.000000195. The maximum absolute atomic E-state index is 11.4. The molecule has 0 spiro atoms. The van der Waals surface area contributed by atoms with Gasteiger partial charge in [0.05, 0.1) is 76.5 Å². The number of carbonyl (C=O) groups is 1. The Kier molecular flexibility index (Phi) is 27.7. The normalized spacial score (nSPS) is 16.3. The summed E-state index contributed by atoms with van der Waals surface area (Å²) in [7, 11) is 16.6. The third-order valence-electron chi connectivity index (χ3n) is 17.5. The first-order chi connectivity index (χ1) is 41.2. The molecule has 0 atom stereocenters. The molecule has 9 rings (SSSR count). The molecule has 4 aliphatic carbocycles. The second kappa shape index (κ2) is 34.4. The Morgan fingerprint density at radius 3 is 1.06 bits per heavy atom. The molecule has 0 saturated heterocycles. The van der Waals surface area contributed by atoms with E-state index < -0.39 is 0 Å². The number of aldehydes is 1. The first-order valence-electron chi connectivity index (χ1n) is 30.3. The van der Waals surface area contributed by atoms with Crippen LogP contribution < -0.4 is 47.4 Å². The molecular weight excluding hydrogens is 1070 g/mol. The molecular formula is C72H96N2O11. The molecule has 0 aromatic heterocycles. The third kappa shape index (κ3) is 18.5. The number of carbonyl (C=O) groups excluding carboxylic acids is 1. The lowest BCUT2D eigenvalue weighted by Gasteiger charge is -2.30. The predicted octanol–water partition coefficient (Wildman–Crippen LogP) is 17.4. The molecule has 4 aliphatic rings. The van der Waals surface area contributed by atoms with Crippen LogP contribution in [0, 0.1) is 13.1 Å². The second-order valence-corrected chi connectivity index (χ2v) is 22.5. The van der Waals surface area contributed by atoms with Crippen LogP contribution in [0.3, 0.4) is 0 Å². The van der Waals surface area contributed by atoms with Crippen LogP contribution >= 0.6 is 0 Å². The Morgan fingerprint density at radius 1 is 0.412 bits per heavy atom. The van der Waals surface area contributed by atoms with E-state index in [0.717, 1.165) is 138 Å². The minimum Gasteiger partial charge on any atom is -0.497 e. The lowest BCUT2D eigenvalue weighted by atomic mass is 9.75. The van der Waals surface area contributed by atoms with Gasteiger partial charge in [-0.2, -0.15) is 0 Å². The highest BCUT2D eigenvalue weighted by Gasteiger charge is 2.43. The van der Waals surface area contributed by atoms with E-state index in [1.54, 1.807) is 77.2 Å². The van der Waals surface area contributed by atoms with Gasteiger partial charge in [0.25, 0.3) is 5.54 Å². The maximum Gasteiger partial charge on any atom is 0.257 e. The molecule has 85 heavy (non-hydrogen) atoms. The minimum absolute atomic E-state index is 0.178. The summed E-state index contributed by atoms with van der Waals surface area (Å²) in [4.78, 5) is 18.6. The standard InChI is InChI=1S/C17H26O2.C17H24O2.C14H17NO2.C14H18O3.C10H11NO2/c2*1-4-5-8-17(9-6-7-10-17)14-11-15(18-2)13-16(12-14)19-3;1-15-14(6-4-5-7-14)11-8-12(16-2)10-13(9-11)17-3;1-16-12-7-11(8-13(9-12)17-2)14(10-15)5-3-4-6-14;1-11-7-8-4-9(12-2)6-10(5-8)13-3/h11-13H,4-10H2,1-3H3;5,8,11-13H,4,6-7,9-10H2,1-3H3;8-10H,4-7H2,2-3H3;7-10H,3-6H2,1-2H3;4-6H,7H2,2-3H3/b;8-5-;;;. The molecule has 5 aromatic rings. The number of allylic oxidation sites excluding steroid dienone is 2. The Hall–Kier alpha value is -7.51. The number of ether oxygens (including phenoxy) is 10. The van der Waals surface area contributed by atoms with Crippen molar-refractivity contribution in [2.75, 3.05) is 71.1 Å². The highest BCUT2D eigenvalue weighted by Crippen LogP contribution is 2.49. The topological polar surface area (TPSA) is 118 Å². The lowest BCUT2D eigenvalue weighted by molar-refractivity contribution is -0.112. The summed E-state index contributed by atoms with van der Waals surface area (Å²) in [6.07, 6.45) is 29.3. The number of unbranched alkanes of at least 4 members (excludes halogenated alkanes) is 1. The first kappa shape index (κ1) is 68.3. The molecule has 0 aliphatic heterocycles. The zero-order chi connectivity index (χ0) is 61.7. The molecule has 0 radical (unpaired) electrons. The highest BCUT2D eigenvalue weighted by atomic mass is 16.5.